The number of fused-ring (bicyclic) bond motifs is 2. The number of piperazine rings is 1. The SMILES string of the molecule is COc1cc(OC(F)(F)F)ccc1OCC(=O)N1CCN2C(=O)c3cc(-c4cc(C(F)(F)F)cc(C(F)(F)F)c4)ccc3NC(=O)[C@@H]2C1. The molecule has 2 aliphatic heterocycles. The van der Waals surface area contributed by atoms with E-state index in [9.17, 15) is 53.9 Å². The Balaban J connectivity index is 1.33. The molecule has 48 heavy (non-hydrogen) atoms. The lowest BCUT2D eigenvalue weighted by molar-refractivity contribution is -0.274. The molecular weight excluding hydrogens is 669 g/mol. The van der Waals surface area contributed by atoms with Crippen LogP contribution in [0.1, 0.15) is 21.5 Å². The number of benzene rings is 3. The third kappa shape index (κ3) is 7.36. The molecule has 0 spiro atoms. The highest BCUT2D eigenvalue weighted by Crippen LogP contribution is 2.40. The summed E-state index contributed by atoms with van der Waals surface area (Å²) in [6, 6.07) is 6.16. The number of carbonyl (C=O) groups is 3. The van der Waals surface area contributed by atoms with Crippen LogP contribution in [0, 0.1) is 0 Å². The van der Waals surface area contributed by atoms with Crippen LogP contribution in [0.3, 0.4) is 0 Å². The van der Waals surface area contributed by atoms with Crippen LogP contribution in [0.4, 0.5) is 45.2 Å². The largest absolute Gasteiger partial charge is 0.573 e. The molecule has 1 fully saturated rings. The first-order chi connectivity index (χ1) is 22.3. The number of rotatable bonds is 6. The van der Waals surface area contributed by atoms with Gasteiger partial charge in [0.2, 0.25) is 5.91 Å². The van der Waals surface area contributed by atoms with Crippen molar-refractivity contribution in [1.29, 1.82) is 0 Å². The molecule has 5 rings (SSSR count). The second kappa shape index (κ2) is 12.5. The van der Waals surface area contributed by atoms with Gasteiger partial charge in [0, 0.05) is 19.2 Å². The van der Waals surface area contributed by atoms with E-state index in [1.807, 2.05) is 0 Å². The highest BCUT2D eigenvalue weighted by Gasteiger charge is 2.41. The fourth-order valence-corrected chi connectivity index (χ4v) is 5.17. The van der Waals surface area contributed by atoms with Crippen molar-refractivity contribution >= 4 is 23.4 Å². The van der Waals surface area contributed by atoms with Gasteiger partial charge in [0.05, 0.1) is 36.0 Å². The predicted octanol–water partition coefficient (Wildman–Crippen LogP) is 5.98. The van der Waals surface area contributed by atoms with Gasteiger partial charge in [0.25, 0.3) is 11.8 Å². The summed E-state index contributed by atoms with van der Waals surface area (Å²) < 4.78 is 132. The molecule has 0 aliphatic carbocycles. The standard InChI is InChI=1S/C30H22F9N3O6/c1-46-24-12-19(48-30(37,38)39)3-5-23(24)47-14-25(43)41-6-7-42-22(13-41)26(44)40-21-4-2-15(10-20(21)27(42)45)16-8-17(28(31,32)33)11-18(9-16)29(34,35)36/h2-5,8-12,22H,6-7,13-14H2,1H3,(H,40,44)/t22-/m0/s1. The van der Waals surface area contributed by atoms with E-state index < -0.39 is 71.5 Å². The van der Waals surface area contributed by atoms with E-state index in [2.05, 4.69) is 10.1 Å². The minimum Gasteiger partial charge on any atom is -0.493 e. The Morgan fingerprint density at radius 2 is 1.50 bits per heavy atom. The van der Waals surface area contributed by atoms with Crippen molar-refractivity contribution in [1.82, 2.24) is 9.80 Å². The van der Waals surface area contributed by atoms with Crippen LogP contribution >= 0.6 is 0 Å². The van der Waals surface area contributed by atoms with Crippen molar-refractivity contribution < 1.29 is 68.1 Å². The zero-order valence-electron chi connectivity index (χ0n) is 24.3. The van der Waals surface area contributed by atoms with Crippen LogP contribution in [0.25, 0.3) is 11.1 Å². The number of hydrogen-bond donors (Lipinski definition) is 1. The van der Waals surface area contributed by atoms with E-state index in [4.69, 9.17) is 9.47 Å². The summed E-state index contributed by atoms with van der Waals surface area (Å²) in [4.78, 5) is 42.1. The average molecular weight is 692 g/mol. The molecule has 0 aromatic heterocycles. The summed E-state index contributed by atoms with van der Waals surface area (Å²) >= 11 is 0. The number of alkyl halides is 9. The number of nitrogens with one attached hydrogen (secondary N) is 1. The minimum atomic E-state index is -5.09. The molecule has 18 heteroatoms. The molecule has 1 N–H and O–H groups in total. The molecule has 3 aromatic carbocycles. The maximum atomic E-state index is 13.6. The first-order valence-electron chi connectivity index (χ1n) is 13.7. The van der Waals surface area contributed by atoms with Gasteiger partial charge in [-0.3, -0.25) is 14.4 Å². The summed E-state index contributed by atoms with van der Waals surface area (Å²) in [5.74, 6) is -2.97. The Labute approximate surface area is 264 Å². The van der Waals surface area contributed by atoms with E-state index in [1.54, 1.807) is 0 Å². The number of hydrogen-bond acceptors (Lipinski definition) is 6. The van der Waals surface area contributed by atoms with Crippen LogP contribution in [-0.2, 0) is 21.9 Å². The normalized spacial score (nSPS) is 16.8. The predicted molar refractivity (Wildman–Crippen MR) is 147 cm³/mol. The Hall–Kier alpha value is -5.16. The molecule has 256 valence electrons. The number of ether oxygens (including phenoxy) is 3. The molecule has 2 aliphatic rings. The van der Waals surface area contributed by atoms with Crippen molar-refractivity contribution in [3.63, 3.8) is 0 Å². The fraction of sp³-hybridized carbons (Fsp3) is 0.300. The Morgan fingerprint density at radius 3 is 2.10 bits per heavy atom. The van der Waals surface area contributed by atoms with Gasteiger partial charge in [-0.2, -0.15) is 26.3 Å². The lowest BCUT2D eigenvalue weighted by atomic mass is 9.96. The van der Waals surface area contributed by atoms with E-state index in [0.717, 1.165) is 42.3 Å². The molecule has 2 heterocycles. The van der Waals surface area contributed by atoms with Crippen LogP contribution < -0.4 is 19.5 Å². The van der Waals surface area contributed by atoms with Gasteiger partial charge in [0.15, 0.2) is 18.1 Å². The molecule has 0 unspecified atom stereocenters. The molecule has 1 saturated heterocycles. The van der Waals surface area contributed by atoms with Crippen molar-refractivity contribution in [2.45, 2.75) is 24.8 Å². The van der Waals surface area contributed by atoms with Gasteiger partial charge in [-0.15, -0.1) is 13.2 Å². The lowest BCUT2D eigenvalue weighted by Crippen LogP contribution is -2.60. The van der Waals surface area contributed by atoms with Gasteiger partial charge in [-0.05, 0) is 53.6 Å². The number of halogens is 9. The summed E-state index contributed by atoms with van der Waals surface area (Å²) in [6.07, 6.45) is -15.1. The van der Waals surface area contributed by atoms with Gasteiger partial charge in [-0.1, -0.05) is 6.07 Å². The zero-order valence-corrected chi connectivity index (χ0v) is 24.3. The quantitative estimate of drug-likeness (QED) is 0.320. The van der Waals surface area contributed by atoms with Crippen LogP contribution in [0.5, 0.6) is 17.2 Å². The Morgan fingerprint density at radius 1 is 0.833 bits per heavy atom. The Kier molecular flexibility index (Phi) is 8.87. The monoisotopic (exact) mass is 691 g/mol. The molecule has 3 aromatic rings. The van der Waals surface area contributed by atoms with E-state index in [1.165, 1.54) is 11.0 Å². The molecule has 0 bridgehead atoms. The molecule has 9 nitrogen and oxygen atoms in total. The fourth-order valence-electron chi connectivity index (χ4n) is 5.17. The lowest BCUT2D eigenvalue weighted by Gasteiger charge is -2.39. The molecule has 0 saturated carbocycles. The number of nitrogens with zero attached hydrogens (tertiary/aromatic N) is 2. The van der Waals surface area contributed by atoms with Crippen LogP contribution in [0.2, 0.25) is 0 Å². The van der Waals surface area contributed by atoms with Gasteiger partial charge in [-0.25, -0.2) is 0 Å². The summed E-state index contributed by atoms with van der Waals surface area (Å²) in [7, 11) is 1.16. The summed E-state index contributed by atoms with van der Waals surface area (Å²) in [5, 5.41) is 2.52. The number of amides is 3. The Bertz CT molecular complexity index is 1730. The first kappa shape index (κ1) is 34.2. The summed E-state index contributed by atoms with van der Waals surface area (Å²) in [5.41, 5.74) is -3.93. The first-order valence-corrected chi connectivity index (χ1v) is 13.7. The minimum absolute atomic E-state index is 0.0194. The number of anilines is 1. The van der Waals surface area contributed by atoms with Gasteiger partial charge in [0.1, 0.15) is 11.8 Å². The van der Waals surface area contributed by atoms with Gasteiger partial charge >= 0.3 is 18.7 Å². The summed E-state index contributed by atoms with van der Waals surface area (Å²) in [6.45, 7) is -1.21. The smallest absolute Gasteiger partial charge is 0.493 e. The van der Waals surface area contributed by atoms with Crippen LogP contribution in [-0.4, -0.2) is 73.3 Å². The van der Waals surface area contributed by atoms with Crippen LogP contribution in [0.15, 0.2) is 54.6 Å². The number of carbonyl (C=O) groups excluding carboxylic acids is 3. The highest BCUT2D eigenvalue weighted by molar-refractivity contribution is 6.10. The van der Waals surface area contributed by atoms with Crippen molar-refractivity contribution in [2.75, 3.05) is 38.7 Å². The van der Waals surface area contributed by atoms with Crippen molar-refractivity contribution in [3.05, 3.63) is 71.3 Å². The molecule has 1 atom stereocenters. The third-order valence-electron chi connectivity index (χ3n) is 7.45. The third-order valence-corrected chi connectivity index (χ3v) is 7.45. The number of methoxy groups -OCH3 is 1. The maximum absolute atomic E-state index is 13.6. The topological polar surface area (TPSA) is 97.4 Å². The molecule has 0 radical (unpaired) electrons. The van der Waals surface area contributed by atoms with Gasteiger partial charge < -0.3 is 29.3 Å². The molecular formula is C30H22F9N3O6. The van der Waals surface area contributed by atoms with E-state index in [-0.39, 0.29) is 54.0 Å². The van der Waals surface area contributed by atoms with Crippen molar-refractivity contribution in [2.24, 2.45) is 0 Å². The highest BCUT2D eigenvalue weighted by atomic mass is 19.4. The average Bonchev–Trinajstić information content (AvgIpc) is 3.11. The second-order valence-corrected chi connectivity index (χ2v) is 10.5. The van der Waals surface area contributed by atoms with E-state index >= 15 is 0 Å². The maximum Gasteiger partial charge on any atom is 0.573 e. The second-order valence-electron chi connectivity index (χ2n) is 10.5. The van der Waals surface area contributed by atoms with Crippen molar-refractivity contribution in [3.8, 4) is 28.4 Å². The van der Waals surface area contributed by atoms with E-state index in [0.29, 0.717) is 12.1 Å². The molecule has 3 amide bonds. The zero-order chi connectivity index (χ0) is 35.2.